The zero-order chi connectivity index (χ0) is 21.6. The number of fused-ring (bicyclic) bond motifs is 1. The highest BCUT2D eigenvalue weighted by molar-refractivity contribution is 6.32. The number of nitriles is 1. The summed E-state index contributed by atoms with van der Waals surface area (Å²) in [6.07, 6.45) is 3.12. The molecule has 1 N–H and O–H groups in total. The van der Waals surface area contributed by atoms with E-state index in [4.69, 9.17) is 16.9 Å². The summed E-state index contributed by atoms with van der Waals surface area (Å²) in [6, 6.07) is 12.7. The van der Waals surface area contributed by atoms with Crippen molar-refractivity contribution in [3.05, 3.63) is 82.6 Å². The Morgan fingerprint density at radius 1 is 1.10 bits per heavy atom. The molecule has 0 spiro atoms. The molecule has 0 aliphatic heterocycles. The molecule has 0 aliphatic carbocycles. The highest BCUT2D eigenvalue weighted by Gasteiger charge is 2.24. The van der Waals surface area contributed by atoms with Crippen molar-refractivity contribution in [2.24, 2.45) is 0 Å². The van der Waals surface area contributed by atoms with Crippen LogP contribution < -0.4 is 0 Å². The normalized spacial score (nSPS) is 11.6. The van der Waals surface area contributed by atoms with E-state index in [2.05, 4.69) is 4.98 Å². The molecular weight excluding hydrogens is 408 g/mol. The van der Waals surface area contributed by atoms with Crippen LogP contribution in [0.3, 0.4) is 0 Å². The Hall–Kier alpha value is -3.27. The average Bonchev–Trinajstić information content (AvgIpc) is 3.12. The second kappa shape index (κ2) is 7.21. The summed E-state index contributed by atoms with van der Waals surface area (Å²) in [5.41, 5.74) is 1.15. The minimum Gasteiger partial charge on any atom is -0.386 e. The molecule has 0 radical (unpaired) electrons. The number of aliphatic hydroxyl groups is 1. The number of aromatic nitrogens is 2. The molecule has 7 heteroatoms. The van der Waals surface area contributed by atoms with Crippen molar-refractivity contribution >= 4 is 17.2 Å². The number of hydrogen-bond acceptors (Lipinski definition) is 3. The summed E-state index contributed by atoms with van der Waals surface area (Å²) in [5, 5.41) is 19.4. The van der Waals surface area contributed by atoms with Crippen LogP contribution in [-0.2, 0) is 5.60 Å². The minimum absolute atomic E-state index is 0.0666. The first-order valence-electron chi connectivity index (χ1n) is 9.09. The van der Waals surface area contributed by atoms with Gasteiger partial charge in [-0.05, 0) is 55.8 Å². The Labute approximate surface area is 176 Å². The Morgan fingerprint density at radius 3 is 2.50 bits per heavy atom. The van der Waals surface area contributed by atoms with Crippen LogP contribution in [0, 0.1) is 23.0 Å². The maximum atomic E-state index is 14.9. The van der Waals surface area contributed by atoms with E-state index in [9.17, 15) is 13.9 Å². The summed E-state index contributed by atoms with van der Waals surface area (Å²) in [6.45, 7) is 3.00. The molecule has 0 atom stereocenters. The Balaban J connectivity index is 1.86. The van der Waals surface area contributed by atoms with E-state index in [0.29, 0.717) is 27.9 Å². The average molecular weight is 424 g/mol. The Kier molecular flexibility index (Phi) is 4.81. The predicted molar refractivity (Wildman–Crippen MR) is 111 cm³/mol. The first kappa shape index (κ1) is 20.0. The fourth-order valence-electron chi connectivity index (χ4n) is 3.38. The van der Waals surface area contributed by atoms with Gasteiger partial charge in [-0.15, -0.1) is 0 Å². The molecule has 30 heavy (non-hydrogen) atoms. The maximum absolute atomic E-state index is 14.9. The van der Waals surface area contributed by atoms with E-state index in [1.165, 1.54) is 44.3 Å². The van der Waals surface area contributed by atoms with Gasteiger partial charge in [0.25, 0.3) is 0 Å². The van der Waals surface area contributed by atoms with Crippen LogP contribution >= 0.6 is 11.6 Å². The van der Waals surface area contributed by atoms with Gasteiger partial charge in [0.05, 0.1) is 28.1 Å². The Bertz CT molecular complexity index is 1330. The number of hydrogen-bond donors (Lipinski definition) is 1. The maximum Gasteiger partial charge on any atom is 0.174 e. The smallest absolute Gasteiger partial charge is 0.174 e. The van der Waals surface area contributed by atoms with E-state index < -0.39 is 17.2 Å². The SMILES string of the molecule is CC(C)(O)c1ccn2c(-c3ccc(F)c(-c4ccc(C#N)c(Cl)c4)c3)cnc2c1F. The van der Waals surface area contributed by atoms with Crippen molar-refractivity contribution in [2.75, 3.05) is 0 Å². The lowest BCUT2D eigenvalue weighted by molar-refractivity contribution is 0.0746. The van der Waals surface area contributed by atoms with Gasteiger partial charge in [-0.2, -0.15) is 5.26 Å². The van der Waals surface area contributed by atoms with Crippen molar-refractivity contribution in [2.45, 2.75) is 19.4 Å². The van der Waals surface area contributed by atoms with Crippen molar-refractivity contribution in [3.8, 4) is 28.5 Å². The van der Waals surface area contributed by atoms with Crippen LogP contribution in [0.2, 0.25) is 5.02 Å². The molecule has 4 rings (SSSR count). The van der Waals surface area contributed by atoms with Gasteiger partial charge in [0, 0.05) is 22.9 Å². The zero-order valence-electron chi connectivity index (χ0n) is 16.1. The van der Waals surface area contributed by atoms with Crippen molar-refractivity contribution in [3.63, 3.8) is 0 Å². The first-order chi connectivity index (χ1) is 14.2. The number of pyridine rings is 1. The lowest BCUT2D eigenvalue weighted by Crippen LogP contribution is -2.18. The van der Waals surface area contributed by atoms with Gasteiger partial charge in [0.15, 0.2) is 11.5 Å². The van der Waals surface area contributed by atoms with Crippen LogP contribution in [0.1, 0.15) is 25.0 Å². The molecule has 0 saturated heterocycles. The number of rotatable bonds is 3. The molecule has 0 unspecified atom stereocenters. The predicted octanol–water partition coefficient (Wildman–Crippen LogP) is 5.70. The summed E-state index contributed by atoms with van der Waals surface area (Å²) in [5.74, 6) is -1.07. The van der Waals surface area contributed by atoms with E-state index in [-0.39, 0.29) is 16.2 Å². The molecule has 2 aromatic carbocycles. The van der Waals surface area contributed by atoms with Crippen molar-refractivity contribution in [1.29, 1.82) is 5.26 Å². The molecule has 0 bridgehead atoms. The van der Waals surface area contributed by atoms with Crippen LogP contribution in [0.4, 0.5) is 8.78 Å². The van der Waals surface area contributed by atoms with Gasteiger partial charge in [0.1, 0.15) is 11.9 Å². The molecule has 0 amide bonds. The zero-order valence-corrected chi connectivity index (χ0v) is 16.9. The van der Waals surface area contributed by atoms with Crippen LogP contribution in [-0.4, -0.2) is 14.5 Å². The van der Waals surface area contributed by atoms with Gasteiger partial charge in [0.2, 0.25) is 0 Å². The second-order valence-electron chi connectivity index (χ2n) is 7.44. The lowest BCUT2D eigenvalue weighted by Gasteiger charge is -2.18. The van der Waals surface area contributed by atoms with Gasteiger partial charge < -0.3 is 5.11 Å². The van der Waals surface area contributed by atoms with Gasteiger partial charge in [-0.25, -0.2) is 13.8 Å². The van der Waals surface area contributed by atoms with Crippen LogP contribution in [0.5, 0.6) is 0 Å². The van der Waals surface area contributed by atoms with Crippen molar-refractivity contribution in [1.82, 2.24) is 9.38 Å². The molecule has 150 valence electrons. The molecule has 4 aromatic rings. The molecular formula is C23H16ClF2N3O. The summed E-state index contributed by atoms with van der Waals surface area (Å²) >= 11 is 6.10. The van der Waals surface area contributed by atoms with Gasteiger partial charge >= 0.3 is 0 Å². The lowest BCUT2D eigenvalue weighted by atomic mass is 9.99. The minimum atomic E-state index is -1.35. The van der Waals surface area contributed by atoms with E-state index in [0.717, 1.165) is 0 Å². The van der Waals surface area contributed by atoms with E-state index in [1.54, 1.807) is 28.8 Å². The molecule has 0 fully saturated rings. The molecule has 4 nitrogen and oxygen atoms in total. The van der Waals surface area contributed by atoms with E-state index >= 15 is 0 Å². The van der Waals surface area contributed by atoms with Gasteiger partial charge in [-0.1, -0.05) is 17.7 Å². The van der Waals surface area contributed by atoms with Crippen LogP contribution in [0.25, 0.3) is 28.0 Å². The van der Waals surface area contributed by atoms with Gasteiger partial charge in [-0.3, -0.25) is 4.40 Å². The fourth-order valence-corrected chi connectivity index (χ4v) is 3.60. The third-order valence-electron chi connectivity index (χ3n) is 4.94. The molecule has 0 saturated carbocycles. The topological polar surface area (TPSA) is 61.3 Å². The first-order valence-corrected chi connectivity index (χ1v) is 9.47. The highest BCUT2D eigenvalue weighted by Crippen LogP contribution is 2.33. The second-order valence-corrected chi connectivity index (χ2v) is 7.85. The Morgan fingerprint density at radius 2 is 1.83 bits per heavy atom. The summed E-state index contributed by atoms with van der Waals surface area (Å²) in [7, 11) is 0. The molecule has 2 heterocycles. The fraction of sp³-hybridized carbons (Fsp3) is 0.130. The third kappa shape index (κ3) is 3.32. The summed E-state index contributed by atoms with van der Waals surface area (Å²) < 4.78 is 31.0. The number of benzene rings is 2. The quantitative estimate of drug-likeness (QED) is 0.460. The largest absolute Gasteiger partial charge is 0.386 e. The molecule has 0 aliphatic rings. The molecule has 2 aromatic heterocycles. The third-order valence-corrected chi connectivity index (χ3v) is 5.25. The summed E-state index contributed by atoms with van der Waals surface area (Å²) in [4.78, 5) is 4.16. The number of nitrogens with zero attached hydrogens (tertiary/aromatic N) is 3. The van der Waals surface area contributed by atoms with Crippen molar-refractivity contribution < 1.29 is 13.9 Å². The standard InChI is InChI=1S/C23H16ClF2N3O/c1-23(2,30)17-7-8-29-20(12-28-22(29)21(17)26)14-5-6-19(25)16(9-14)13-3-4-15(11-27)18(24)10-13/h3-10,12,30H,1-2H3. The van der Waals surface area contributed by atoms with Crippen LogP contribution in [0.15, 0.2) is 54.9 Å². The van der Waals surface area contributed by atoms with E-state index in [1.807, 2.05) is 6.07 Å². The monoisotopic (exact) mass is 423 g/mol. The number of imidazole rings is 1. The highest BCUT2D eigenvalue weighted by atomic mass is 35.5. The number of halogens is 3.